The number of ether oxygens (including phenoxy) is 1. The van der Waals surface area contributed by atoms with E-state index in [2.05, 4.69) is 29.5 Å². The van der Waals surface area contributed by atoms with E-state index in [9.17, 15) is 0 Å². The summed E-state index contributed by atoms with van der Waals surface area (Å²) in [6, 6.07) is 0.485. The molecule has 2 rings (SSSR count). The van der Waals surface area contributed by atoms with Crippen LogP contribution in [0, 0.1) is 5.41 Å². The van der Waals surface area contributed by atoms with Crippen LogP contribution in [0.3, 0.4) is 0 Å². The molecule has 1 fully saturated rings. The van der Waals surface area contributed by atoms with Gasteiger partial charge in [-0.05, 0) is 38.5 Å². The van der Waals surface area contributed by atoms with Crippen LogP contribution in [0.1, 0.15) is 39.5 Å². The lowest BCUT2D eigenvalue weighted by Crippen LogP contribution is -2.46. The number of nitrogens with zero attached hydrogens (tertiary/aromatic N) is 1. The van der Waals surface area contributed by atoms with Crippen LogP contribution in [0.25, 0.3) is 0 Å². The van der Waals surface area contributed by atoms with Gasteiger partial charge < -0.3 is 15.4 Å². The highest BCUT2D eigenvalue weighted by atomic mass is 16.5. The normalized spacial score (nSPS) is 26.0. The molecule has 98 valence electrons. The Morgan fingerprint density at radius 1 is 1.53 bits per heavy atom. The van der Waals surface area contributed by atoms with E-state index in [0.29, 0.717) is 11.5 Å². The fourth-order valence-electron chi connectivity index (χ4n) is 2.56. The first-order valence-corrected chi connectivity index (χ1v) is 6.87. The predicted molar refractivity (Wildman–Crippen MR) is 70.3 cm³/mol. The van der Waals surface area contributed by atoms with Gasteiger partial charge in [0.05, 0.1) is 6.54 Å². The van der Waals surface area contributed by atoms with E-state index in [-0.39, 0.29) is 0 Å². The number of aliphatic imine (C=N–C) groups is 1. The monoisotopic (exact) mass is 239 g/mol. The first kappa shape index (κ1) is 12.7. The fourth-order valence-corrected chi connectivity index (χ4v) is 2.56. The van der Waals surface area contributed by atoms with Gasteiger partial charge in [0.1, 0.15) is 0 Å². The standard InChI is InChI=1S/C13H25N3O/c1-3-17-8-7-13(5-4-6-13)10-15-12-14-9-11(2)16-12/h11H,3-10H2,1-2H3,(H2,14,15,16). The molecule has 0 aromatic heterocycles. The van der Waals surface area contributed by atoms with Crippen molar-refractivity contribution in [2.24, 2.45) is 10.4 Å². The number of rotatable bonds is 6. The summed E-state index contributed by atoms with van der Waals surface area (Å²) in [7, 11) is 0. The van der Waals surface area contributed by atoms with E-state index in [4.69, 9.17) is 4.74 Å². The third kappa shape index (κ3) is 3.35. The molecule has 0 bridgehead atoms. The van der Waals surface area contributed by atoms with Gasteiger partial charge in [0.15, 0.2) is 5.96 Å². The first-order chi connectivity index (χ1) is 8.24. The molecule has 2 aliphatic rings. The molecule has 17 heavy (non-hydrogen) atoms. The van der Waals surface area contributed by atoms with Gasteiger partial charge in [0.2, 0.25) is 0 Å². The zero-order valence-electron chi connectivity index (χ0n) is 11.1. The Kier molecular flexibility index (Phi) is 4.26. The fraction of sp³-hybridized carbons (Fsp3) is 0.923. The molecule has 1 atom stereocenters. The summed E-state index contributed by atoms with van der Waals surface area (Å²) in [5.74, 6) is 0.986. The van der Waals surface area contributed by atoms with Gasteiger partial charge in [-0.2, -0.15) is 0 Å². The van der Waals surface area contributed by atoms with Gasteiger partial charge in [-0.25, -0.2) is 0 Å². The summed E-state index contributed by atoms with van der Waals surface area (Å²) in [6.45, 7) is 7.88. The minimum atomic E-state index is 0.463. The Morgan fingerprint density at radius 3 is 2.88 bits per heavy atom. The van der Waals surface area contributed by atoms with Crippen LogP contribution in [0.4, 0.5) is 0 Å². The SMILES string of the molecule is CCOCCC1(CNC2=NCC(C)N2)CCC1. The highest BCUT2D eigenvalue weighted by molar-refractivity contribution is 5.81. The van der Waals surface area contributed by atoms with Crippen molar-refractivity contribution in [3.8, 4) is 0 Å². The maximum atomic E-state index is 5.48. The van der Waals surface area contributed by atoms with Crippen LogP contribution in [0.15, 0.2) is 4.99 Å². The van der Waals surface area contributed by atoms with Gasteiger partial charge in [0, 0.05) is 25.8 Å². The zero-order valence-corrected chi connectivity index (χ0v) is 11.1. The second-order valence-electron chi connectivity index (χ2n) is 5.39. The van der Waals surface area contributed by atoms with Crippen molar-refractivity contribution in [1.29, 1.82) is 0 Å². The minimum absolute atomic E-state index is 0.463. The molecule has 2 N–H and O–H groups in total. The molecule has 1 aliphatic heterocycles. The number of nitrogens with one attached hydrogen (secondary N) is 2. The minimum Gasteiger partial charge on any atom is -0.382 e. The lowest BCUT2D eigenvalue weighted by molar-refractivity contribution is 0.0573. The third-order valence-corrected chi connectivity index (χ3v) is 3.93. The summed E-state index contributed by atoms with van der Waals surface area (Å²) in [6.07, 6.45) is 5.20. The molecule has 1 saturated carbocycles. The smallest absolute Gasteiger partial charge is 0.191 e. The average Bonchev–Trinajstić information content (AvgIpc) is 2.67. The Labute approximate surface area is 104 Å². The van der Waals surface area contributed by atoms with E-state index in [1.807, 2.05) is 0 Å². The van der Waals surface area contributed by atoms with Crippen LogP contribution in [-0.4, -0.2) is 38.3 Å². The van der Waals surface area contributed by atoms with Crippen LogP contribution in [0.2, 0.25) is 0 Å². The lowest BCUT2D eigenvalue weighted by Gasteiger charge is -2.42. The summed E-state index contributed by atoms with van der Waals surface area (Å²) < 4.78 is 5.48. The van der Waals surface area contributed by atoms with Crippen molar-refractivity contribution in [2.75, 3.05) is 26.3 Å². The van der Waals surface area contributed by atoms with Crippen molar-refractivity contribution in [3.05, 3.63) is 0 Å². The second kappa shape index (κ2) is 5.71. The van der Waals surface area contributed by atoms with Gasteiger partial charge in [-0.3, -0.25) is 4.99 Å². The molecule has 1 aliphatic carbocycles. The highest BCUT2D eigenvalue weighted by Gasteiger charge is 2.36. The van der Waals surface area contributed by atoms with Crippen LogP contribution in [0.5, 0.6) is 0 Å². The molecule has 0 amide bonds. The lowest BCUT2D eigenvalue weighted by atomic mass is 9.67. The molecule has 1 heterocycles. The largest absolute Gasteiger partial charge is 0.382 e. The Morgan fingerprint density at radius 2 is 2.35 bits per heavy atom. The molecule has 4 heteroatoms. The quantitative estimate of drug-likeness (QED) is 0.691. The second-order valence-corrected chi connectivity index (χ2v) is 5.39. The van der Waals surface area contributed by atoms with Gasteiger partial charge in [0.25, 0.3) is 0 Å². The van der Waals surface area contributed by atoms with E-state index >= 15 is 0 Å². The molecule has 0 spiro atoms. The van der Waals surface area contributed by atoms with Crippen molar-refractivity contribution >= 4 is 5.96 Å². The maximum absolute atomic E-state index is 5.48. The zero-order chi connectivity index (χ0) is 12.1. The van der Waals surface area contributed by atoms with E-state index in [0.717, 1.165) is 32.3 Å². The average molecular weight is 239 g/mol. The number of guanidine groups is 1. The van der Waals surface area contributed by atoms with Crippen molar-refractivity contribution in [2.45, 2.75) is 45.6 Å². The molecule has 4 nitrogen and oxygen atoms in total. The third-order valence-electron chi connectivity index (χ3n) is 3.93. The molecule has 1 unspecified atom stereocenters. The molecule has 0 aromatic carbocycles. The van der Waals surface area contributed by atoms with Crippen molar-refractivity contribution in [1.82, 2.24) is 10.6 Å². The van der Waals surface area contributed by atoms with Gasteiger partial charge in [-0.1, -0.05) is 6.42 Å². The summed E-state index contributed by atoms with van der Waals surface area (Å²) in [5, 5.41) is 6.81. The van der Waals surface area contributed by atoms with Crippen LogP contribution >= 0.6 is 0 Å². The van der Waals surface area contributed by atoms with Crippen LogP contribution < -0.4 is 10.6 Å². The summed E-state index contributed by atoms with van der Waals surface area (Å²) in [4.78, 5) is 4.44. The van der Waals surface area contributed by atoms with Gasteiger partial charge in [-0.15, -0.1) is 0 Å². The predicted octanol–water partition coefficient (Wildman–Crippen LogP) is 1.52. The highest BCUT2D eigenvalue weighted by Crippen LogP contribution is 2.43. The summed E-state index contributed by atoms with van der Waals surface area (Å²) >= 11 is 0. The Hall–Kier alpha value is -0.770. The van der Waals surface area contributed by atoms with Gasteiger partial charge >= 0.3 is 0 Å². The molecule has 0 saturated heterocycles. The molecular formula is C13H25N3O. The summed E-state index contributed by atoms with van der Waals surface area (Å²) in [5.41, 5.74) is 0.463. The molecule has 0 aromatic rings. The maximum Gasteiger partial charge on any atom is 0.191 e. The Bertz CT molecular complexity index is 274. The van der Waals surface area contributed by atoms with Crippen LogP contribution in [-0.2, 0) is 4.74 Å². The van der Waals surface area contributed by atoms with Crippen molar-refractivity contribution in [3.63, 3.8) is 0 Å². The number of hydrogen-bond acceptors (Lipinski definition) is 4. The molecule has 0 radical (unpaired) electrons. The van der Waals surface area contributed by atoms with E-state index in [1.165, 1.54) is 25.7 Å². The molecular weight excluding hydrogens is 214 g/mol. The van der Waals surface area contributed by atoms with E-state index < -0.39 is 0 Å². The first-order valence-electron chi connectivity index (χ1n) is 6.87. The topological polar surface area (TPSA) is 45.6 Å². The van der Waals surface area contributed by atoms with E-state index in [1.54, 1.807) is 0 Å². The Balaban J connectivity index is 1.71. The van der Waals surface area contributed by atoms with Crippen molar-refractivity contribution < 1.29 is 4.74 Å². The number of hydrogen-bond donors (Lipinski definition) is 2.